The second kappa shape index (κ2) is 11.0. The van der Waals surface area contributed by atoms with E-state index in [0.29, 0.717) is 32.5 Å². The Hall–Kier alpha value is -2.03. The smallest absolute Gasteiger partial charge is 0.409 e. The highest BCUT2D eigenvalue weighted by Gasteiger charge is 2.49. The molecule has 0 aliphatic carbocycles. The minimum absolute atomic E-state index is 0.199. The zero-order chi connectivity index (χ0) is 23.9. The highest BCUT2D eigenvalue weighted by Crippen LogP contribution is 2.33. The highest BCUT2D eigenvalue weighted by atomic mass is 28.3. The van der Waals surface area contributed by atoms with Crippen molar-refractivity contribution in [3.8, 4) is 0 Å². The number of carbonyl (C=O) groups is 3. The molecular weight excluding hydrogens is 416 g/mol. The van der Waals surface area contributed by atoms with E-state index in [9.17, 15) is 14.4 Å². The second-order valence-electron chi connectivity index (χ2n) is 10.3. The molecule has 1 fully saturated rings. The Morgan fingerprint density at radius 1 is 1.16 bits per heavy atom. The molecule has 178 valence electrons. The molecule has 1 N–H and O–H groups in total. The number of methoxy groups -OCH3 is 1. The van der Waals surface area contributed by atoms with E-state index >= 15 is 0 Å². The number of alkyl carbamates (subject to hydrolysis) is 1. The molecule has 1 aliphatic rings. The largest absolute Gasteiger partial charge is 0.467 e. The number of esters is 1. The van der Waals surface area contributed by atoms with Crippen LogP contribution in [0.4, 0.5) is 9.59 Å². The fraction of sp³-hybridized carbons (Fsp3) is 0.773. The van der Waals surface area contributed by atoms with Gasteiger partial charge >= 0.3 is 18.2 Å². The van der Waals surface area contributed by atoms with Crippen LogP contribution >= 0.6 is 0 Å². The molecular formula is C22H40N2O6Si. The first kappa shape index (κ1) is 27.0. The van der Waals surface area contributed by atoms with Crippen LogP contribution in [0.25, 0.3) is 0 Å². The number of nitrogens with zero attached hydrogens (tertiary/aromatic N) is 1. The number of likely N-dealkylation sites (tertiary alicyclic amines) is 1. The molecule has 0 aromatic carbocycles. The normalized spacial score (nSPS) is 17.3. The lowest BCUT2D eigenvalue weighted by Gasteiger charge is -2.42. The van der Waals surface area contributed by atoms with E-state index in [1.807, 2.05) is 0 Å². The van der Waals surface area contributed by atoms with Crippen LogP contribution in [-0.4, -0.2) is 69.1 Å². The molecule has 1 aliphatic heterocycles. The van der Waals surface area contributed by atoms with E-state index in [1.165, 1.54) is 7.11 Å². The number of rotatable bonds is 8. The average molecular weight is 457 g/mol. The monoisotopic (exact) mass is 456 g/mol. The molecule has 2 amide bonds. The maximum Gasteiger partial charge on any atom is 0.409 e. The van der Waals surface area contributed by atoms with Gasteiger partial charge in [-0.1, -0.05) is 25.7 Å². The van der Waals surface area contributed by atoms with E-state index in [-0.39, 0.29) is 18.4 Å². The summed E-state index contributed by atoms with van der Waals surface area (Å²) >= 11 is 0. The standard InChI is InChI=1S/C22H40N2O6Si/c1-9-12-22(18(25)28-5,23-19(26)30-21(2,3)4)17-10-13-24(14-11-17)20(27)29-15-16-31(6,7)8/h9,17H,1,10-16H2,2-8H3,(H,23,26). The Labute approximate surface area is 187 Å². The lowest BCUT2D eigenvalue weighted by molar-refractivity contribution is -0.152. The molecule has 9 heteroatoms. The molecule has 1 saturated heterocycles. The van der Waals surface area contributed by atoms with Crippen molar-refractivity contribution < 1.29 is 28.6 Å². The molecule has 0 saturated carbocycles. The summed E-state index contributed by atoms with van der Waals surface area (Å²) in [5.41, 5.74) is -2.00. The predicted octanol–water partition coefficient (Wildman–Crippen LogP) is 4.19. The summed E-state index contributed by atoms with van der Waals surface area (Å²) in [7, 11) is 0.0166. The van der Waals surface area contributed by atoms with Crippen molar-refractivity contribution in [1.82, 2.24) is 10.2 Å². The molecule has 0 bridgehead atoms. The molecule has 0 aromatic heterocycles. The van der Waals surface area contributed by atoms with Crippen molar-refractivity contribution in [2.75, 3.05) is 26.8 Å². The predicted molar refractivity (Wildman–Crippen MR) is 123 cm³/mol. The van der Waals surface area contributed by atoms with Gasteiger partial charge in [-0.25, -0.2) is 14.4 Å². The minimum Gasteiger partial charge on any atom is -0.467 e. The zero-order valence-corrected chi connectivity index (χ0v) is 21.2. The third-order valence-electron chi connectivity index (χ3n) is 5.27. The lowest BCUT2D eigenvalue weighted by atomic mass is 9.75. The molecule has 1 heterocycles. The SMILES string of the molecule is C=CCC(NC(=O)OC(C)(C)C)(C(=O)OC)C1CCN(C(=O)OCC[Si](C)(C)C)CC1. The van der Waals surface area contributed by atoms with Gasteiger partial charge in [-0.05, 0) is 52.0 Å². The van der Waals surface area contributed by atoms with Crippen LogP contribution in [0, 0.1) is 5.92 Å². The average Bonchev–Trinajstić information content (AvgIpc) is 2.64. The molecule has 0 spiro atoms. The maximum atomic E-state index is 12.8. The van der Waals surface area contributed by atoms with Crippen LogP contribution in [0.2, 0.25) is 25.7 Å². The third kappa shape index (κ3) is 8.55. The molecule has 8 nitrogen and oxygen atoms in total. The van der Waals surface area contributed by atoms with Gasteiger partial charge in [0.15, 0.2) is 0 Å². The number of amides is 2. The van der Waals surface area contributed by atoms with Crippen molar-refractivity contribution in [3.05, 3.63) is 12.7 Å². The summed E-state index contributed by atoms with van der Waals surface area (Å²) in [6.07, 6.45) is 1.80. The molecule has 31 heavy (non-hydrogen) atoms. The van der Waals surface area contributed by atoms with Gasteiger partial charge in [-0.15, -0.1) is 6.58 Å². The van der Waals surface area contributed by atoms with Crippen molar-refractivity contribution in [3.63, 3.8) is 0 Å². The summed E-state index contributed by atoms with van der Waals surface area (Å²) in [6, 6.07) is 0.916. The quantitative estimate of drug-likeness (QED) is 0.255. The van der Waals surface area contributed by atoms with Gasteiger partial charge < -0.3 is 24.4 Å². The van der Waals surface area contributed by atoms with Gasteiger partial charge in [0.2, 0.25) is 0 Å². The van der Waals surface area contributed by atoms with Gasteiger partial charge in [-0.2, -0.15) is 0 Å². The summed E-state index contributed by atoms with van der Waals surface area (Å²) in [5.74, 6) is -0.786. The van der Waals surface area contributed by atoms with Crippen molar-refractivity contribution >= 4 is 26.2 Å². The third-order valence-corrected chi connectivity index (χ3v) is 6.97. The topological polar surface area (TPSA) is 94.2 Å². The Morgan fingerprint density at radius 3 is 2.19 bits per heavy atom. The number of ether oxygens (including phenoxy) is 3. The van der Waals surface area contributed by atoms with Crippen LogP contribution in [-0.2, 0) is 19.0 Å². The summed E-state index contributed by atoms with van der Waals surface area (Å²) < 4.78 is 15.9. The van der Waals surface area contributed by atoms with Gasteiger partial charge in [0.1, 0.15) is 11.1 Å². The number of piperidine rings is 1. The van der Waals surface area contributed by atoms with Gasteiger partial charge in [0.05, 0.1) is 13.7 Å². The second-order valence-corrected chi connectivity index (χ2v) is 15.9. The number of hydrogen-bond donors (Lipinski definition) is 1. The van der Waals surface area contributed by atoms with Gasteiger partial charge in [0, 0.05) is 21.2 Å². The highest BCUT2D eigenvalue weighted by molar-refractivity contribution is 6.76. The molecule has 0 aromatic rings. The van der Waals surface area contributed by atoms with Gasteiger partial charge in [-0.3, -0.25) is 0 Å². The Kier molecular flexibility index (Phi) is 9.60. The van der Waals surface area contributed by atoms with Crippen molar-refractivity contribution in [1.29, 1.82) is 0 Å². The first-order chi connectivity index (χ1) is 14.2. The molecule has 0 radical (unpaired) electrons. The van der Waals surface area contributed by atoms with Crippen LogP contribution in [0.1, 0.15) is 40.0 Å². The number of carbonyl (C=O) groups excluding carboxylic acids is 3. The summed E-state index contributed by atoms with van der Waals surface area (Å²) in [5, 5.41) is 2.77. The van der Waals surface area contributed by atoms with E-state index in [0.717, 1.165) is 6.04 Å². The molecule has 1 atom stereocenters. The zero-order valence-electron chi connectivity index (χ0n) is 20.2. The van der Waals surface area contributed by atoms with Crippen molar-refractivity contribution in [2.45, 2.75) is 76.9 Å². The summed E-state index contributed by atoms with van der Waals surface area (Å²) in [6.45, 7) is 17.0. The fourth-order valence-corrected chi connectivity index (χ4v) is 4.32. The lowest BCUT2D eigenvalue weighted by Crippen LogP contribution is -2.62. The summed E-state index contributed by atoms with van der Waals surface area (Å²) in [4.78, 5) is 39.4. The Balaban J connectivity index is 2.88. The van der Waals surface area contributed by atoms with E-state index < -0.39 is 31.3 Å². The Morgan fingerprint density at radius 2 is 1.74 bits per heavy atom. The minimum atomic E-state index is -1.30. The first-order valence-electron chi connectivity index (χ1n) is 10.9. The van der Waals surface area contributed by atoms with Crippen LogP contribution in [0.15, 0.2) is 12.7 Å². The van der Waals surface area contributed by atoms with E-state index in [2.05, 4.69) is 31.5 Å². The van der Waals surface area contributed by atoms with E-state index in [1.54, 1.807) is 31.7 Å². The van der Waals surface area contributed by atoms with Crippen LogP contribution in [0.5, 0.6) is 0 Å². The number of hydrogen-bond acceptors (Lipinski definition) is 6. The first-order valence-corrected chi connectivity index (χ1v) is 14.6. The maximum absolute atomic E-state index is 12.8. The number of nitrogens with one attached hydrogen (secondary N) is 1. The molecule has 1 unspecified atom stereocenters. The van der Waals surface area contributed by atoms with Gasteiger partial charge in [0.25, 0.3) is 0 Å². The Bertz CT molecular complexity index is 647. The van der Waals surface area contributed by atoms with Crippen LogP contribution < -0.4 is 5.32 Å². The van der Waals surface area contributed by atoms with Crippen LogP contribution in [0.3, 0.4) is 0 Å². The fourth-order valence-electron chi connectivity index (χ4n) is 3.61. The molecule has 1 rings (SSSR count). The van der Waals surface area contributed by atoms with Crippen molar-refractivity contribution in [2.24, 2.45) is 5.92 Å². The van der Waals surface area contributed by atoms with E-state index in [4.69, 9.17) is 14.2 Å².